The third-order valence-electron chi connectivity index (χ3n) is 2.67. The highest BCUT2D eigenvalue weighted by Gasteiger charge is 2.19. The van der Waals surface area contributed by atoms with Crippen LogP contribution in [0.15, 0.2) is 12.1 Å². The molecular formula is C12H16Cl2O2. The summed E-state index contributed by atoms with van der Waals surface area (Å²) in [5, 5.41) is 10.5. The number of rotatable bonds is 4. The Labute approximate surface area is 106 Å². The van der Waals surface area contributed by atoms with Gasteiger partial charge < -0.3 is 9.84 Å². The number of aliphatic hydroxyl groups is 1. The Kier molecular flexibility index (Phi) is 4.90. The van der Waals surface area contributed by atoms with Gasteiger partial charge in [0.25, 0.3) is 0 Å². The van der Waals surface area contributed by atoms with E-state index in [1.165, 1.54) is 0 Å². The van der Waals surface area contributed by atoms with Crippen molar-refractivity contribution in [2.45, 2.75) is 19.8 Å². The van der Waals surface area contributed by atoms with Crippen molar-refractivity contribution in [3.8, 4) is 5.75 Å². The average molecular weight is 263 g/mol. The molecule has 1 rings (SSSR count). The van der Waals surface area contributed by atoms with Crippen LogP contribution in [0.3, 0.4) is 0 Å². The van der Waals surface area contributed by atoms with E-state index in [1.807, 2.05) is 13.8 Å². The molecule has 0 radical (unpaired) electrons. The fraction of sp³-hybridized carbons (Fsp3) is 0.500. The third-order valence-corrected chi connectivity index (χ3v) is 3.29. The molecule has 0 spiro atoms. The number of ether oxygens (including phenoxy) is 1. The van der Waals surface area contributed by atoms with Gasteiger partial charge in [0.05, 0.1) is 18.7 Å². The molecule has 0 fully saturated rings. The summed E-state index contributed by atoms with van der Waals surface area (Å²) in [6, 6.07) is 3.45. The molecule has 90 valence electrons. The zero-order chi connectivity index (χ0) is 12.3. The smallest absolute Gasteiger partial charge is 0.138 e. The van der Waals surface area contributed by atoms with E-state index in [0.29, 0.717) is 21.7 Å². The molecular weight excluding hydrogens is 247 g/mol. The van der Waals surface area contributed by atoms with E-state index in [4.69, 9.17) is 27.9 Å². The first-order chi connectivity index (χ1) is 7.51. The van der Waals surface area contributed by atoms with Gasteiger partial charge in [0.15, 0.2) is 0 Å². The zero-order valence-electron chi connectivity index (χ0n) is 9.63. The predicted molar refractivity (Wildman–Crippen MR) is 67.7 cm³/mol. The molecule has 1 atom stereocenters. The monoisotopic (exact) mass is 262 g/mol. The number of hydrogen-bond donors (Lipinski definition) is 1. The van der Waals surface area contributed by atoms with E-state index in [1.54, 1.807) is 19.2 Å². The molecule has 0 amide bonds. The second kappa shape index (κ2) is 5.76. The molecule has 1 unspecified atom stereocenters. The Morgan fingerprint density at radius 2 is 1.88 bits per heavy atom. The van der Waals surface area contributed by atoms with Crippen molar-refractivity contribution >= 4 is 23.2 Å². The van der Waals surface area contributed by atoms with Crippen molar-refractivity contribution in [2.24, 2.45) is 5.92 Å². The summed E-state index contributed by atoms with van der Waals surface area (Å²) in [4.78, 5) is 0. The maximum atomic E-state index is 9.36. The highest BCUT2D eigenvalue weighted by atomic mass is 35.5. The Morgan fingerprint density at radius 1 is 1.25 bits per heavy atom. The molecule has 0 bridgehead atoms. The summed E-state index contributed by atoms with van der Waals surface area (Å²) in [6.45, 7) is 4.13. The summed E-state index contributed by atoms with van der Waals surface area (Å²) in [5.41, 5.74) is 0.866. The Morgan fingerprint density at radius 3 is 2.31 bits per heavy atom. The molecule has 0 saturated carbocycles. The number of methoxy groups -OCH3 is 1. The van der Waals surface area contributed by atoms with Gasteiger partial charge in [-0.2, -0.15) is 0 Å². The first-order valence-corrected chi connectivity index (χ1v) is 5.90. The number of halogens is 2. The maximum Gasteiger partial charge on any atom is 0.138 e. The normalized spacial score (nSPS) is 12.9. The van der Waals surface area contributed by atoms with Gasteiger partial charge >= 0.3 is 0 Å². The van der Waals surface area contributed by atoms with Gasteiger partial charge in [0.1, 0.15) is 5.75 Å². The van der Waals surface area contributed by atoms with Crippen molar-refractivity contribution in [1.29, 1.82) is 0 Å². The summed E-state index contributed by atoms with van der Waals surface area (Å²) in [5.74, 6) is 0.846. The summed E-state index contributed by atoms with van der Waals surface area (Å²) >= 11 is 12.2. The van der Waals surface area contributed by atoms with E-state index in [-0.39, 0.29) is 12.5 Å². The summed E-state index contributed by atoms with van der Waals surface area (Å²) in [7, 11) is 1.54. The summed E-state index contributed by atoms with van der Waals surface area (Å²) < 4.78 is 5.08. The van der Waals surface area contributed by atoms with Crippen LogP contribution in [0.25, 0.3) is 0 Å². The second-order valence-corrected chi connectivity index (χ2v) is 4.86. The first kappa shape index (κ1) is 13.6. The van der Waals surface area contributed by atoms with Crippen molar-refractivity contribution in [3.05, 3.63) is 27.7 Å². The first-order valence-electron chi connectivity index (χ1n) is 5.15. The van der Waals surface area contributed by atoms with Crippen LogP contribution in [0.2, 0.25) is 10.0 Å². The average Bonchev–Trinajstić information content (AvgIpc) is 2.23. The number of aliphatic hydroxyl groups excluding tert-OH is 1. The standard InChI is InChI=1S/C12H16Cl2O2/c1-7(2)9(6-15)8-4-11(14)12(16-3)5-10(8)13/h4-5,7,9,15H,6H2,1-3H3. The highest BCUT2D eigenvalue weighted by Crippen LogP contribution is 2.36. The second-order valence-electron chi connectivity index (χ2n) is 4.04. The van der Waals surface area contributed by atoms with Gasteiger partial charge in [-0.05, 0) is 17.5 Å². The zero-order valence-corrected chi connectivity index (χ0v) is 11.1. The molecule has 0 aromatic heterocycles. The Bertz CT molecular complexity index is 364. The van der Waals surface area contributed by atoms with E-state index in [0.717, 1.165) is 5.56 Å². The molecule has 2 nitrogen and oxygen atoms in total. The fourth-order valence-electron chi connectivity index (χ4n) is 1.65. The molecule has 16 heavy (non-hydrogen) atoms. The molecule has 1 aromatic rings. The van der Waals surface area contributed by atoms with Gasteiger partial charge in [-0.25, -0.2) is 0 Å². The van der Waals surface area contributed by atoms with E-state index >= 15 is 0 Å². The molecule has 1 aromatic carbocycles. The fourth-order valence-corrected chi connectivity index (χ4v) is 2.20. The summed E-state index contributed by atoms with van der Waals surface area (Å²) in [6.07, 6.45) is 0. The van der Waals surface area contributed by atoms with Crippen molar-refractivity contribution in [3.63, 3.8) is 0 Å². The molecule has 0 aliphatic rings. The van der Waals surface area contributed by atoms with Gasteiger partial charge in [-0.1, -0.05) is 37.0 Å². The lowest BCUT2D eigenvalue weighted by atomic mass is 9.89. The van der Waals surface area contributed by atoms with Crippen LogP contribution < -0.4 is 4.74 Å². The van der Waals surface area contributed by atoms with Crippen LogP contribution in [0.5, 0.6) is 5.75 Å². The van der Waals surface area contributed by atoms with Gasteiger partial charge in [-0.15, -0.1) is 0 Å². The number of hydrogen-bond acceptors (Lipinski definition) is 2. The Hall–Kier alpha value is -0.440. The molecule has 0 heterocycles. The molecule has 1 N–H and O–H groups in total. The van der Waals surface area contributed by atoms with Crippen molar-refractivity contribution < 1.29 is 9.84 Å². The van der Waals surface area contributed by atoms with Crippen molar-refractivity contribution in [2.75, 3.05) is 13.7 Å². The SMILES string of the molecule is COc1cc(Cl)c(C(CO)C(C)C)cc1Cl. The van der Waals surface area contributed by atoms with Crippen LogP contribution >= 0.6 is 23.2 Å². The van der Waals surface area contributed by atoms with Crippen LogP contribution in [0.4, 0.5) is 0 Å². The minimum atomic E-state index is -0.00379. The molecule has 4 heteroatoms. The van der Waals surface area contributed by atoms with Crippen LogP contribution in [-0.4, -0.2) is 18.8 Å². The van der Waals surface area contributed by atoms with Crippen LogP contribution in [-0.2, 0) is 0 Å². The minimum Gasteiger partial charge on any atom is -0.495 e. The maximum absolute atomic E-state index is 9.36. The largest absolute Gasteiger partial charge is 0.495 e. The van der Waals surface area contributed by atoms with Gasteiger partial charge in [-0.3, -0.25) is 0 Å². The van der Waals surface area contributed by atoms with Crippen molar-refractivity contribution in [1.82, 2.24) is 0 Å². The predicted octanol–water partition coefficient (Wildman–Crippen LogP) is 3.73. The quantitative estimate of drug-likeness (QED) is 0.896. The topological polar surface area (TPSA) is 29.5 Å². The lowest BCUT2D eigenvalue weighted by molar-refractivity contribution is 0.237. The molecule has 0 aliphatic heterocycles. The van der Waals surface area contributed by atoms with E-state index in [9.17, 15) is 5.11 Å². The van der Waals surface area contributed by atoms with Crippen LogP contribution in [0, 0.1) is 5.92 Å². The lowest BCUT2D eigenvalue weighted by Gasteiger charge is -2.20. The van der Waals surface area contributed by atoms with Gasteiger partial charge in [0, 0.05) is 17.0 Å². The third kappa shape index (κ3) is 2.82. The highest BCUT2D eigenvalue weighted by molar-refractivity contribution is 6.34. The molecule has 0 aliphatic carbocycles. The van der Waals surface area contributed by atoms with E-state index < -0.39 is 0 Å². The van der Waals surface area contributed by atoms with Gasteiger partial charge in [0.2, 0.25) is 0 Å². The van der Waals surface area contributed by atoms with Crippen LogP contribution in [0.1, 0.15) is 25.3 Å². The van der Waals surface area contributed by atoms with E-state index in [2.05, 4.69) is 0 Å². The Balaban J connectivity index is 3.18. The number of benzene rings is 1. The molecule has 0 saturated heterocycles. The lowest BCUT2D eigenvalue weighted by Crippen LogP contribution is -2.12. The minimum absolute atomic E-state index is 0.00379.